The number of nitrogens with zero attached hydrogens (tertiary/aromatic N) is 3. The van der Waals surface area contributed by atoms with Gasteiger partial charge in [0.25, 0.3) is 0 Å². The van der Waals surface area contributed by atoms with Crippen LogP contribution in [0.15, 0.2) is 0 Å². The van der Waals surface area contributed by atoms with Crippen molar-refractivity contribution in [3.05, 3.63) is 5.82 Å². The normalized spacial score (nSPS) is 23.3. The highest BCUT2D eigenvalue weighted by atomic mass is 15.4. The van der Waals surface area contributed by atoms with Crippen LogP contribution in [0.5, 0.6) is 0 Å². The van der Waals surface area contributed by atoms with E-state index in [1.807, 2.05) is 7.05 Å². The van der Waals surface area contributed by atoms with E-state index < -0.39 is 0 Å². The maximum atomic E-state index is 5.62. The van der Waals surface area contributed by atoms with E-state index in [1.165, 1.54) is 6.42 Å². The van der Waals surface area contributed by atoms with E-state index in [2.05, 4.69) is 15.4 Å². The number of hydrogen-bond donors (Lipinski definition) is 2. The molecule has 2 rings (SSSR count). The third-order valence-corrected chi connectivity index (χ3v) is 2.48. The summed E-state index contributed by atoms with van der Waals surface area (Å²) in [6.07, 6.45) is 2.36. The molecule has 0 bridgehead atoms. The molecule has 1 saturated heterocycles. The third-order valence-electron chi connectivity index (χ3n) is 2.48. The van der Waals surface area contributed by atoms with Crippen molar-refractivity contribution in [2.75, 3.05) is 18.8 Å². The number of nitrogen functional groups attached to an aromatic ring is 1. The zero-order valence-electron chi connectivity index (χ0n) is 7.82. The van der Waals surface area contributed by atoms with Crippen LogP contribution in [0.3, 0.4) is 0 Å². The highest BCUT2D eigenvalue weighted by Gasteiger charge is 2.19. The molecule has 0 radical (unpaired) electrons. The number of aryl methyl sites for hydroxylation is 1. The molecule has 2 heterocycles. The van der Waals surface area contributed by atoms with Crippen molar-refractivity contribution in [2.24, 2.45) is 7.05 Å². The van der Waals surface area contributed by atoms with Crippen LogP contribution in [-0.4, -0.2) is 27.9 Å². The van der Waals surface area contributed by atoms with Gasteiger partial charge in [0.1, 0.15) is 0 Å². The smallest absolute Gasteiger partial charge is 0.218 e. The summed E-state index contributed by atoms with van der Waals surface area (Å²) in [6, 6.07) is 0. The lowest BCUT2D eigenvalue weighted by molar-refractivity contribution is 0.445. The Morgan fingerprint density at radius 1 is 1.62 bits per heavy atom. The highest BCUT2D eigenvalue weighted by Crippen LogP contribution is 2.20. The van der Waals surface area contributed by atoms with Crippen LogP contribution in [0, 0.1) is 0 Å². The molecule has 1 atom stereocenters. The van der Waals surface area contributed by atoms with Gasteiger partial charge < -0.3 is 11.1 Å². The van der Waals surface area contributed by atoms with E-state index in [-0.39, 0.29) is 0 Å². The first-order valence-electron chi connectivity index (χ1n) is 4.64. The second kappa shape index (κ2) is 3.33. The van der Waals surface area contributed by atoms with Gasteiger partial charge in [-0.2, -0.15) is 10.1 Å². The molecule has 1 fully saturated rings. The standard InChI is InChI=1S/C8H15N5/c1-13-8(9)11-7(12-13)6-3-2-4-10-5-6/h6,10H,2-5H2,1H3,(H2,9,11,12)/t6-/m0/s1. The summed E-state index contributed by atoms with van der Waals surface area (Å²) >= 11 is 0. The largest absolute Gasteiger partial charge is 0.368 e. The van der Waals surface area contributed by atoms with Crippen molar-refractivity contribution in [3.63, 3.8) is 0 Å². The first-order chi connectivity index (χ1) is 6.27. The minimum Gasteiger partial charge on any atom is -0.368 e. The van der Waals surface area contributed by atoms with Gasteiger partial charge in [-0.15, -0.1) is 0 Å². The highest BCUT2D eigenvalue weighted by molar-refractivity contribution is 5.17. The summed E-state index contributed by atoms with van der Waals surface area (Å²) in [5.41, 5.74) is 5.62. The van der Waals surface area contributed by atoms with Gasteiger partial charge >= 0.3 is 0 Å². The molecule has 0 unspecified atom stereocenters. The van der Waals surface area contributed by atoms with E-state index in [4.69, 9.17) is 5.73 Å². The van der Waals surface area contributed by atoms with Gasteiger partial charge in [0.05, 0.1) is 0 Å². The summed E-state index contributed by atoms with van der Waals surface area (Å²) in [7, 11) is 1.82. The Morgan fingerprint density at radius 2 is 2.46 bits per heavy atom. The van der Waals surface area contributed by atoms with Crippen LogP contribution in [0.4, 0.5) is 5.95 Å². The van der Waals surface area contributed by atoms with E-state index in [9.17, 15) is 0 Å². The summed E-state index contributed by atoms with van der Waals surface area (Å²) in [6.45, 7) is 2.09. The van der Waals surface area contributed by atoms with Crippen LogP contribution >= 0.6 is 0 Å². The minimum absolute atomic E-state index is 0.442. The Bertz CT molecular complexity index is 267. The zero-order chi connectivity index (χ0) is 9.26. The maximum Gasteiger partial charge on any atom is 0.218 e. The zero-order valence-corrected chi connectivity index (χ0v) is 7.82. The van der Waals surface area contributed by atoms with Crippen LogP contribution in [0.2, 0.25) is 0 Å². The molecule has 1 aromatic rings. The first-order valence-corrected chi connectivity index (χ1v) is 4.64. The van der Waals surface area contributed by atoms with Crippen molar-refractivity contribution >= 4 is 5.95 Å². The lowest BCUT2D eigenvalue weighted by Gasteiger charge is -2.19. The van der Waals surface area contributed by atoms with Gasteiger partial charge in [-0.3, -0.25) is 0 Å². The van der Waals surface area contributed by atoms with Gasteiger partial charge in [0.2, 0.25) is 5.95 Å². The average Bonchev–Trinajstić information content (AvgIpc) is 2.49. The molecule has 1 aromatic heterocycles. The molecule has 0 aromatic carbocycles. The maximum absolute atomic E-state index is 5.62. The molecule has 0 spiro atoms. The SMILES string of the molecule is Cn1nc([C@H]2CCCNC2)nc1N. The summed E-state index contributed by atoms with van der Waals surface area (Å²) < 4.78 is 1.63. The number of rotatable bonds is 1. The fourth-order valence-corrected chi connectivity index (χ4v) is 1.66. The number of aromatic nitrogens is 3. The molecular formula is C8H15N5. The molecule has 0 amide bonds. The van der Waals surface area contributed by atoms with Crippen molar-refractivity contribution < 1.29 is 0 Å². The van der Waals surface area contributed by atoms with Crippen molar-refractivity contribution in [1.82, 2.24) is 20.1 Å². The fraction of sp³-hybridized carbons (Fsp3) is 0.750. The third kappa shape index (κ3) is 1.65. The molecule has 3 N–H and O–H groups in total. The Kier molecular flexibility index (Phi) is 2.18. The molecule has 1 aliphatic heterocycles. The van der Waals surface area contributed by atoms with E-state index in [1.54, 1.807) is 4.68 Å². The van der Waals surface area contributed by atoms with Gasteiger partial charge in [-0.05, 0) is 19.4 Å². The summed E-state index contributed by atoms with van der Waals surface area (Å²) in [5.74, 6) is 1.82. The van der Waals surface area contributed by atoms with E-state index in [0.717, 1.165) is 25.3 Å². The van der Waals surface area contributed by atoms with Crippen LogP contribution < -0.4 is 11.1 Å². The van der Waals surface area contributed by atoms with Gasteiger partial charge in [0.15, 0.2) is 5.82 Å². The second-order valence-electron chi connectivity index (χ2n) is 3.50. The topological polar surface area (TPSA) is 68.8 Å². The van der Waals surface area contributed by atoms with Gasteiger partial charge in [-0.25, -0.2) is 4.68 Å². The monoisotopic (exact) mass is 181 g/mol. The average molecular weight is 181 g/mol. The first kappa shape index (κ1) is 8.50. The Hall–Kier alpha value is -1.10. The fourth-order valence-electron chi connectivity index (χ4n) is 1.66. The predicted octanol–water partition coefficient (Wildman–Crippen LogP) is -0.136. The molecule has 1 aliphatic rings. The second-order valence-corrected chi connectivity index (χ2v) is 3.50. The van der Waals surface area contributed by atoms with Crippen molar-refractivity contribution in [1.29, 1.82) is 0 Å². The number of piperidine rings is 1. The number of hydrogen-bond acceptors (Lipinski definition) is 4. The Labute approximate surface area is 77.3 Å². The molecular weight excluding hydrogens is 166 g/mol. The van der Waals surface area contributed by atoms with E-state index in [0.29, 0.717) is 11.9 Å². The predicted molar refractivity (Wildman–Crippen MR) is 50.3 cm³/mol. The number of nitrogens with two attached hydrogens (primary N) is 1. The van der Waals surface area contributed by atoms with Gasteiger partial charge in [-0.1, -0.05) is 0 Å². The number of anilines is 1. The minimum atomic E-state index is 0.442. The molecule has 5 heteroatoms. The lowest BCUT2D eigenvalue weighted by atomic mass is 9.99. The number of nitrogens with one attached hydrogen (secondary N) is 1. The van der Waals surface area contributed by atoms with Crippen LogP contribution in [0.1, 0.15) is 24.6 Å². The molecule has 72 valence electrons. The molecule has 5 nitrogen and oxygen atoms in total. The lowest BCUT2D eigenvalue weighted by Crippen LogP contribution is -2.29. The molecule has 0 aliphatic carbocycles. The van der Waals surface area contributed by atoms with Gasteiger partial charge in [0, 0.05) is 19.5 Å². The Morgan fingerprint density at radius 3 is 3.00 bits per heavy atom. The van der Waals surface area contributed by atoms with E-state index >= 15 is 0 Å². The summed E-state index contributed by atoms with van der Waals surface area (Å²) in [5, 5.41) is 7.61. The van der Waals surface area contributed by atoms with Crippen LogP contribution in [-0.2, 0) is 7.05 Å². The quantitative estimate of drug-likeness (QED) is 0.633. The summed E-state index contributed by atoms with van der Waals surface area (Å²) in [4.78, 5) is 4.22. The van der Waals surface area contributed by atoms with Crippen molar-refractivity contribution in [2.45, 2.75) is 18.8 Å². The Balaban J connectivity index is 2.14. The molecule has 13 heavy (non-hydrogen) atoms. The van der Waals surface area contributed by atoms with Crippen LogP contribution in [0.25, 0.3) is 0 Å². The van der Waals surface area contributed by atoms with Crippen molar-refractivity contribution in [3.8, 4) is 0 Å². The molecule has 0 saturated carbocycles.